The van der Waals surface area contributed by atoms with Crippen molar-refractivity contribution < 1.29 is 24.0 Å². The molecule has 0 atom stereocenters. The molecule has 3 aromatic rings. The van der Waals surface area contributed by atoms with E-state index < -0.39 is 16.8 Å². The molecule has 2 aromatic carbocycles. The Morgan fingerprint density at radius 3 is 2.57 bits per heavy atom. The van der Waals surface area contributed by atoms with Crippen LogP contribution in [0.3, 0.4) is 0 Å². The lowest BCUT2D eigenvalue weighted by molar-refractivity contribution is -0.384. The quantitative estimate of drug-likeness (QED) is 0.360. The number of carbonyl (C=O) groups is 2. The molecule has 10 heteroatoms. The zero-order chi connectivity index (χ0) is 21.7. The molecule has 30 heavy (non-hydrogen) atoms. The number of ether oxygens (including phenoxy) is 2. The van der Waals surface area contributed by atoms with Crippen LogP contribution in [0.5, 0.6) is 5.75 Å². The van der Waals surface area contributed by atoms with Gasteiger partial charge in [-0.25, -0.2) is 9.48 Å². The highest BCUT2D eigenvalue weighted by molar-refractivity contribution is 6.04. The number of benzene rings is 2. The van der Waals surface area contributed by atoms with Crippen LogP contribution in [0.25, 0.3) is 5.69 Å². The average molecular weight is 410 g/mol. The zero-order valence-electron chi connectivity index (χ0n) is 16.2. The molecule has 0 spiro atoms. The Kier molecular flexibility index (Phi) is 6.06. The molecule has 0 saturated heterocycles. The summed E-state index contributed by atoms with van der Waals surface area (Å²) >= 11 is 0. The number of nitrogens with one attached hydrogen (secondary N) is 1. The van der Waals surface area contributed by atoms with E-state index in [9.17, 15) is 19.7 Å². The number of methoxy groups -OCH3 is 1. The van der Waals surface area contributed by atoms with Crippen LogP contribution in [0.1, 0.15) is 16.1 Å². The maximum atomic E-state index is 12.7. The minimum absolute atomic E-state index is 0.0445. The van der Waals surface area contributed by atoms with Crippen LogP contribution >= 0.6 is 0 Å². The molecule has 0 radical (unpaired) electrons. The van der Waals surface area contributed by atoms with Crippen molar-refractivity contribution in [3.05, 3.63) is 76.0 Å². The number of hydrogen-bond acceptors (Lipinski definition) is 7. The molecule has 0 aliphatic carbocycles. The van der Waals surface area contributed by atoms with Gasteiger partial charge in [-0.2, -0.15) is 5.10 Å². The van der Waals surface area contributed by atoms with E-state index in [2.05, 4.69) is 15.2 Å². The molecule has 10 nitrogen and oxygen atoms in total. The van der Waals surface area contributed by atoms with Crippen molar-refractivity contribution in [3.8, 4) is 11.4 Å². The van der Waals surface area contributed by atoms with E-state index in [0.29, 0.717) is 28.5 Å². The highest BCUT2D eigenvalue weighted by Gasteiger charge is 2.14. The van der Waals surface area contributed by atoms with Crippen LogP contribution in [0.4, 0.5) is 11.5 Å². The van der Waals surface area contributed by atoms with Gasteiger partial charge in [0.05, 0.1) is 23.4 Å². The standard InChI is InChI=1S/C20H18N4O6/c1-13-10-18(23(22-13)15-6-8-16(9-7-15)24(27)28)21-20(26)14-4-3-5-17(11-14)30-12-19(25)29-2/h3-11H,12H2,1-2H3,(H,21,26). The third kappa shape index (κ3) is 4.79. The Bertz CT molecular complexity index is 1090. The number of anilines is 1. The Labute approximate surface area is 171 Å². The Morgan fingerprint density at radius 1 is 1.17 bits per heavy atom. The fourth-order valence-electron chi connectivity index (χ4n) is 2.62. The van der Waals surface area contributed by atoms with Gasteiger partial charge < -0.3 is 14.8 Å². The molecule has 1 aromatic heterocycles. The minimum Gasteiger partial charge on any atom is -0.482 e. The number of non-ortho nitro benzene ring substituents is 1. The van der Waals surface area contributed by atoms with Crippen molar-refractivity contribution >= 4 is 23.4 Å². The van der Waals surface area contributed by atoms with Crippen molar-refractivity contribution in [2.24, 2.45) is 0 Å². The molecular formula is C20H18N4O6. The first-order valence-corrected chi connectivity index (χ1v) is 8.80. The summed E-state index contributed by atoms with van der Waals surface area (Å²) in [6.07, 6.45) is 0. The van der Waals surface area contributed by atoms with Gasteiger partial charge in [-0.05, 0) is 37.3 Å². The molecule has 154 valence electrons. The van der Waals surface area contributed by atoms with E-state index in [-0.39, 0.29) is 12.3 Å². The molecule has 1 heterocycles. The van der Waals surface area contributed by atoms with E-state index in [1.807, 2.05) is 0 Å². The van der Waals surface area contributed by atoms with Gasteiger partial charge in [0.15, 0.2) is 6.61 Å². The lowest BCUT2D eigenvalue weighted by Gasteiger charge is -2.10. The SMILES string of the molecule is COC(=O)COc1cccc(C(=O)Nc2cc(C)nn2-c2ccc([N+](=O)[O-])cc2)c1. The third-order valence-corrected chi connectivity index (χ3v) is 4.06. The molecule has 3 rings (SSSR count). The first-order valence-electron chi connectivity index (χ1n) is 8.80. The Hall–Kier alpha value is -4.21. The highest BCUT2D eigenvalue weighted by Crippen LogP contribution is 2.21. The maximum Gasteiger partial charge on any atom is 0.343 e. The smallest absolute Gasteiger partial charge is 0.343 e. The largest absolute Gasteiger partial charge is 0.482 e. The van der Waals surface area contributed by atoms with Crippen molar-refractivity contribution in [3.63, 3.8) is 0 Å². The second-order valence-corrected chi connectivity index (χ2v) is 6.20. The topological polar surface area (TPSA) is 126 Å². The lowest BCUT2D eigenvalue weighted by atomic mass is 10.2. The summed E-state index contributed by atoms with van der Waals surface area (Å²) in [4.78, 5) is 34.3. The van der Waals surface area contributed by atoms with Gasteiger partial charge in [0.1, 0.15) is 11.6 Å². The van der Waals surface area contributed by atoms with Crippen LogP contribution in [0, 0.1) is 17.0 Å². The molecule has 0 aliphatic heterocycles. The highest BCUT2D eigenvalue weighted by atomic mass is 16.6. The number of aryl methyl sites for hydroxylation is 1. The predicted octanol–water partition coefficient (Wildman–Crippen LogP) is 2.89. The molecule has 0 aliphatic rings. The average Bonchev–Trinajstić information content (AvgIpc) is 3.12. The summed E-state index contributed by atoms with van der Waals surface area (Å²) in [7, 11) is 1.26. The number of carbonyl (C=O) groups excluding carboxylic acids is 2. The number of esters is 1. The van der Waals surface area contributed by atoms with Crippen molar-refractivity contribution in [1.82, 2.24) is 9.78 Å². The Balaban J connectivity index is 1.79. The van der Waals surface area contributed by atoms with Crippen LogP contribution < -0.4 is 10.1 Å². The van der Waals surface area contributed by atoms with E-state index in [1.165, 1.54) is 30.0 Å². The van der Waals surface area contributed by atoms with E-state index >= 15 is 0 Å². The third-order valence-electron chi connectivity index (χ3n) is 4.06. The van der Waals surface area contributed by atoms with Crippen LogP contribution in [-0.4, -0.2) is 40.3 Å². The van der Waals surface area contributed by atoms with Crippen molar-refractivity contribution in [2.75, 3.05) is 19.0 Å². The summed E-state index contributed by atoms with van der Waals surface area (Å²) in [5.41, 5.74) is 1.47. The Morgan fingerprint density at radius 2 is 1.90 bits per heavy atom. The predicted molar refractivity (Wildman–Crippen MR) is 107 cm³/mol. The van der Waals surface area contributed by atoms with E-state index in [4.69, 9.17) is 4.74 Å². The zero-order valence-corrected chi connectivity index (χ0v) is 16.2. The van der Waals surface area contributed by atoms with Gasteiger partial charge in [-0.3, -0.25) is 14.9 Å². The van der Waals surface area contributed by atoms with Crippen LogP contribution in [0.2, 0.25) is 0 Å². The summed E-state index contributed by atoms with van der Waals surface area (Å²) < 4.78 is 11.3. The number of hydrogen-bond donors (Lipinski definition) is 1. The molecule has 1 amide bonds. The number of aromatic nitrogens is 2. The second-order valence-electron chi connectivity index (χ2n) is 6.20. The summed E-state index contributed by atoms with van der Waals surface area (Å²) in [5, 5.41) is 17.9. The van der Waals surface area contributed by atoms with Gasteiger partial charge in [0.2, 0.25) is 0 Å². The molecule has 0 unspecified atom stereocenters. The molecular weight excluding hydrogens is 392 g/mol. The number of rotatable bonds is 7. The molecule has 0 saturated carbocycles. The van der Waals surface area contributed by atoms with Gasteiger partial charge >= 0.3 is 5.97 Å². The van der Waals surface area contributed by atoms with Gasteiger partial charge in [-0.1, -0.05) is 6.07 Å². The number of amides is 1. The molecule has 0 fully saturated rings. The minimum atomic E-state index is -0.535. The van der Waals surface area contributed by atoms with Gasteiger partial charge in [-0.15, -0.1) is 0 Å². The summed E-state index contributed by atoms with van der Waals surface area (Å²) in [5.74, 6) is -0.214. The lowest BCUT2D eigenvalue weighted by Crippen LogP contribution is -2.16. The number of nitro benzene ring substituents is 1. The van der Waals surface area contributed by atoms with Crippen LogP contribution in [0.15, 0.2) is 54.6 Å². The normalized spacial score (nSPS) is 10.3. The maximum absolute atomic E-state index is 12.7. The number of nitro groups is 1. The summed E-state index contributed by atoms with van der Waals surface area (Å²) in [6.45, 7) is 1.49. The first kappa shape index (κ1) is 20.5. The molecule has 0 bridgehead atoms. The first-order chi connectivity index (χ1) is 14.4. The monoisotopic (exact) mass is 410 g/mol. The number of nitrogens with zero attached hydrogens (tertiary/aromatic N) is 3. The van der Waals surface area contributed by atoms with E-state index in [1.54, 1.807) is 43.3 Å². The molecule has 1 N–H and O–H groups in total. The van der Waals surface area contributed by atoms with Crippen molar-refractivity contribution in [2.45, 2.75) is 6.92 Å². The van der Waals surface area contributed by atoms with E-state index in [0.717, 1.165) is 0 Å². The summed E-state index contributed by atoms with van der Waals surface area (Å²) in [6, 6.07) is 13.8. The fourth-order valence-corrected chi connectivity index (χ4v) is 2.62. The van der Waals surface area contributed by atoms with Crippen molar-refractivity contribution in [1.29, 1.82) is 0 Å². The van der Waals surface area contributed by atoms with Gasteiger partial charge in [0.25, 0.3) is 11.6 Å². The second kappa shape index (κ2) is 8.86. The fraction of sp³-hybridized carbons (Fsp3) is 0.150. The van der Waals surface area contributed by atoms with Crippen LogP contribution in [-0.2, 0) is 9.53 Å². The van der Waals surface area contributed by atoms with Gasteiger partial charge in [0, 0.05) is 23.8 Å².